The SMILES string of the molecule is CNS(=O)(=O)N1CCC(c2cc3c4c(ncnn24)Nc2c-3ccc3cn(Cc4cccnc4)nc23)CC1. The normalized spacial score (nSPS) is 16.2. The van der Waals surface area contributed by atoms with Crippen molar-refractivity contribution in [2.45, 2.75) is 25.3 Å². The highest BCUT2D eigenvalue weighted by Gasteiger charge is 2.32. The number of nitrogens with one attached hydrogen (secondary N) is 2. The Kier molecular flexibility index (Phi) is 5.03. The number of pyridine rings is 1. The van der Waals surface area contributed by atoms with Crippen molar-refractivity contribution >= 4 is 38.1 Å². The topological polar surface area (TPSA) is 122 Å². The molecule has 1 saturated heterocycles. The standard InChI is InChI=1S/C25H25N9O2S/c1-26-37(35,36)33-9-6-17(7-10-33)21-11-20-19-5-4-18-14-32(13-16-3-2-8-27-12-16)31-22(18)23(19)30-25-24(20)34(21)29-15-28-25/h2-5,8,11-12,14-15,17,26H,6-7,9-10,13H2,1H3,(H,28,29,30). The van der Waals surface area contributed by atoms with E-state index in [1.54, 1.807) is 12.5 Å². The fraction of sp³-hybridized carbons (Fsp3) is 0.280. The number of nitrogens with zero attached hydrogens (tertiary/aromatic N) is 7. The van der Waals surface area contributed by atoms with Gasteiger partial charge in [-0.3, -0.25) is 9.67 Å². The van der Waals surface area contributed by atoms with Crippen molar-refractivity contribution < 1.29 is 8.42 Å². The monoisotopic (exact) mass is 515 g/mol. The van der Waals surface area contributed by atoms with Crippen LogP contribution in [0.4, 0.5) is 11.5 Å². The van der Waals surface area contributed by atoms with Crippen molar-refractivity contribution in [1.29, 1.82) is 0 Å². The fourth-order valence-corrected chi connectivity index (χ4v) is 6.49. The maximum absolute atomic E-state index is 12.2. The minimum Gasteiger partial charge on any atom is -0.336 e. The molecule has 0 unspecified atom stereocenters. The van der Waals surface area contributed by atoms with E-state index in [-0.39, 0.29) is 5.92 Å². The van der Waals surface area contributed by atoms with Gasteiger partial charge in [0.2, 0.25) is 0 Å². The van der Waals surface area contributed by atoms with E-state index < -0.39 is 10.2 Å². The summed E-state index contributed by atoms with van der Waals surface area (Å²) in [7, 11) is -1.97. The van der Waals surface area contributed by atoms with Gasteiger partial charge in [-0.1, -0.05) is 18.2 Å². The molecule has 0 atom stereocenters. The fourth-order valence-electron chi connectivity index (χ4n) is 5.54. The molecule has 1 aromatic carbocycles. The van der Waals surface area contributed by atoms with E-state index in [1.807, 2.05) is 33.7 Å². The summed E-state index contributed by atoms with van der Waals surface area (Å²) in [5.74, 6) is 0.935. The molecule has 4 aromatic heterocycles. The van der Waals surface area contributed by atoms with Gasteiger partial charge >= 0.3 is 0 Å². The first kappa shape index (κ1) is 22.3. The molecule has 0 saturated carbocycles. The molecule has 2 aliphatic rings. The molecule has 37 heavy (non-hydrogen) atoms. The lowest BCUT2D eigenvalue weighted by Crippen LogP contribution is -2.43. The molecule has 0 bridgehead atoms. The van der Waals surface area contributed by atoms with Crippen molar-refractivity contribution in [2.24, 2.45) is 0 Å². The summed E-state index contributed by atoms with van der Waals surface area (Å²) in [5, 5.41) is 14.1. The highest BCUT2D eigenvalue weighted by atomic mass is 32.2. The molecular weight excluding hydrogens is 490 g/mol. The lowest BCUT2D eigenvalue weighted by atomic mass is 9.93. The predicted octanol–water partition coefficient (Wildman–Crippen LogP) is 2.89. The molecule has 1 fully saturated rings. The number of fused-ring (bicyclic) bond motifs is 4. The van der Waals surface area contributed by atoms with Crippen LogP contribution in [-0.4, -0.2) is 62.2 Å². The first-order chi connectivity index (χ1) is 18.0. The van der Waals surface area contributed by atoms with Gasteiger partial charge in [-0.2, -0.15) is 22.9 Å². The third kappa shape index (κ3) is 3.59. The lowest BCUT2D eigenvalue weighted by molar-refractivity contribution is 0.312. The van der Waals surface area contributed by atoms with Gasteiger partial charge in [0.15, 0.2) is 5.82 Å². The van der Waals surface area contributed by atoms with Crippen LogP contribution in [-0.2, 0) is 16.8 Å². The summed E-state index contributed by atoms with van der Waals surface area (Å²) in [4.78, 5) is 8.76. The Morgan fingerprint density at radius 1 is 1.16 bits per heavy atom. The molecule has 0 amide bonds. The van der Waals surface area contributed by atoms with E-state index in [9.17, 15) is 8.42 Å². The van der Waals surface area contributed by atoms with Gasteiger partial charge in [-0.05, 0) is 30.5 Å². The van der Waals surface area contributed by atoms with Crippen LogP contribution in [0.1, 0.15) is 30.0 Å². The largest absolute Gasteiger partial charge is 0.336 e. The average molecular weight is 516 g/mol. The van der Waals surface area contributed by atoms with Gasteiger partial charge < -0.3 is 5.32 Å². The second kappa shape index (κ2) is 8.33. The molecule has 12 heteroatoms. The second-order valence-corrected chi connectivity index (χ2v) is 11.3. The molecule has 2 aliphatic heterocycles. The van der Waals surface area contributed by atoms with Gasteiger partial charge in [0.05, 0.1) is 12.2 Å². The highest BCUT2D eigenvalue weighted by molar-refractivity contribution is 7.87. The van der Waals surface area contributed by atoms with Crippen molar-refractivity contribution in [3.8, 4) is 11.1 Å². The summed E-state index contributed by atoms with van der Waals surface area (Å²) in [6, 6.07) is 10.4. The minimum atomic E-state index is -3.42. The Labute approximate surface area is 213 Å². The van der Waals surface area contributed by atoms with Crippen LogP contribution in [0.2, 0.25) is 0 Å². The van der Waals surface area contributed by atoms with E-state index in [0.29, 0.717) is 19.6 Å². The van der Waals surface area contributed by atoms with E-state index in [0.717, 1.165) is 63.2 Å². The lowest BCUT2D eigenvalue weighted by Gasteiger charge is -2.30. The van der Waals surface area contributed by atoms with Gasteiger partial charge in [-0.15, -0.1) is 0 Å². The van der Waals surface area contributed by atoms with Crippen LogP contribution in [0.3, 0.4) is 0 Å². The zero-order chi connectivity index (χ0) is 25.1. The summed E-state index contributed by atoms with van der Waals surface area (Å²) in [6.45, 7) is 1.58. The molecule has 0 radical (unpaired) electrons. The molecule has 6 heterocycles. The van der Waals surface area contributed by atoms with Crippen molar-refractivity contribution in [2.75, 3.05) is 25.5 Å². The molecular formula is C25H25N9O2S. The Balaban J connectivity index is 1.27. The average Bonchev–Trinajstić information content (AvgIpc) is 3.52. The number of benzene rings is 1. The van der Waals surface area contributed by atoms with Crippen LogP contribution in [0, 0.1) is 0 Å². The molecule has 0 spiro atoms. The maximum Gasteiger partial charge on any atom is 0.279 e. The van der Waals surface area contributed by atoms with Crippen molar-refractivity contribution in [1.82, 2.24) is 38.4 Å². The van der Waals surface area contributed by atoms with Gasteiger partial charge in [-0.25, -0.2) is 14.2 Å². The van der Waals surface area contributed by atoms with Crippen molar-refractivity contribution in [3.63, 3.8) is 0 Å². The first-order valence-corrected chi connectivity index (χ1v) is 13.7. The molecule has 5 aromatic rings. The van der Waals surface area contributed by atoms with Crippen LogP contribution >= 0.6 is 0 Å². The summed E-state index contributed by atoms with van der Waals surface area (Å²) in [6.07, 6.45) is 8.69. The van der Waals surface area contributed by atoms with E-state index in [4.69, 9.17) is 5.10 Å². The van der Waals surface area contributed by atoms with Gasteiger partial charge in [0.1, 0.15) is 17.4 Å². The number of anilines is 2. The second-order valence-electron chi connectivity index (χ2n) is 9.47. The zero-order valence-corrected chi connectivity index (χ0v) is 21.0. The number of hydrogen-bond acceptors (Lipinski definition) is 7. The van der Waals surface area contributed by atoms with Gasteiger partial charge in [0.25, 0.3) is 10.2 Å². The first-order valence-electron chi connectivity index (χ1n) is 12.2. The predicted molar refractivity (Wildman–Crippen MR) is 140 cm³/mol. The van der Waals surface area contributed by atoms with E-state index >= 15 is 0 Å². The number of hydrogen-bond donors (Lipinski definition) is 2. The van der Waals surface area contributed by atoms with E-state index in [1.165, 1.54) is 11.4 Å². The third-order valence-corrected chi connectivity index (χ3v) is 8.94. The quantitative estimate of drug-likeness (QED) is 0.362. The molecule has 0 aliphatic carbocycles. The Morgan fingerprint density at radius 2 is 2.03 bits per heavy atom. The van der Waals surface area contributed by atoms with Crippen LogP contribution in [0.5, 0.6) is 0 Å². The smallest absolute Gasteiger partial charge is 0.279 e. The minimum absolute atomic E-state index is 0.191. The molecule has 11 nitrogen and oxygen atoms in total. The number of aromatic nitrogens is 6. The van der Waals surface area contributed by atoms with Crippen LogP contribution in [0.15, 0.2) is 55.2 Å². The Hall–Kier alpha value is -3.87. The molecule has 2 N–H and O–H groups in total. The highest BCUT2D eigenvalue weighted by Crippen LogP contribution is 2.46. The number of rotatable bonds is 5. The Morgan fingerprint density at radius 3 is 2.81 bits per heavy atom. The molecule has 7 rings (SSSR count). The Bertz CT molecular complexity index is 1750. The zero-order valence-electron chi connectivity index (χ0n) is 20.2. The van der Waals surface area contributed by atoms with Crippen LogP contribution < -0.4 is 10.0 Å². The van der Waals surface area contributed by atoms with Gasteiger partial charge in [0, 0.05) is 66.9 Å². The number of piperidine rings is 1. The summed E-state index contributed by atoms with van der Waals surface area (Å²) < 4.78 is 32.3. The van der Waals surface area contributed by atoms with Crippen LogP contribution in [0.25, 0.3) is 27.5 Å². The summed E-state index contributed by atoms with van der Waals surface area (Å²) >= 11 is 0. The van der Waals surface area contributed by atoms with Crippen molar-refractivity contribution in [3.05, 3.63) is 66.5 Å². The summed E-state index contributed by atoms with van der Waals surface area (Å²) in [5.41, 5.74) is 7.03. The molecule has 188 valence electrons. The third-order valence-electron chi connectivity index (χ3n) is 7.38. The maximum atomic E-state index is 12.2. The van der Waals surface area contributed by atoms with E-state index in [2.05, 4.69) is 43.3 Å².